The van der Waals surface area contributed by atoms with E-state index in [1.54, 1.807) is 34.1 Å². The highest BCUT2D eigenvalue weighted by Gasteiger charge is 2.17. The molecule has 1 N–H and O–H groups in total. The molecular weight excluding hydrogens is 340 g/mol. The molecule has 1 amide bonds. The lowest BCUT2D eigenvalue weighted by Crippen LogP contribution is -2.32. The highest BCUT2D eigenvalue weighted by molar-refractivity contribution is 5.95. The van der Waals surface area contributed by atoms with Crippen molar-refractivity contribution in [2.45, 2.75) is 12.6 Å². The van der Waals surface area contributed by atoms with E-state index in [9.17, 15) is 4.79 Å². The summed E-state index contributed by atoms with van der Waals surface area (Å²) in [4.78, 5) is 14.5. The zero-order chi connectivity index (χ0) is 18.5. The van der Waals surface area contributed by atoms with Crippen molar-refractivity contribution in [1.82, 2.24) is 30.1 Å². The molecule has 0 saturated heterocycles. The number of aromatic nitrogens is 5. The van der Waals surface area contributed by atoms with Crippen LogP contribution in [0.4, 0.5) is 0 Å². The van der Waals surface area contributed by atoms with Gasteiger partial charge in [-0.25, -0.2) is 4.68 Å². The number of hydrogen-bond donors (Lipinski definition) is 1. The lowest BCUT2D eigenvalue weighted by atomic mass is 10.1. The molecule has 0 aliphatic carbocycles. The second kappa shape index (κ2) is 7.65. The average molecular weight is 358 g/mol. The van der Waals surface area contributed by atoms with Gasteiger partial charge in [0.1, 0.15) is 0 Å². The molecule has 0 aliphatic rings. The van der Waals surface area contributed by atoms with Gasteiger partial charge in [0, 0.05) is 18.0 Å². The maximum atomic E-state index is 12.9. The van der Waals surface area contributed by atoms with Gasteiger partial charge in [-0.2, -0.15) is 20.1 Å². The molecule has 4 aromatic rings. The van der Waals surface area contributed by atoms with Crippen LogP contribution in [-0.2, 0) is 6.54 Å². The number of carbonyl (C=O) groups excluding carboxylic acids is 1. The van der Waals surface area contributed by atoms with Crippen molar-refractivity contribution in [1.29, 1.82) is 0 Å². The van der Waals surface area contributed by atoms with E-state index in [0.29, 0.717) is 12.1 Å². The highest BCUT2D eigenvalue weighted by atomic mass is 16.1. The van der Waals surface area contributed by atoms with Crippen LogP contribution in [0.1, 0.15) is 22.0 Å². The summed E-state index contributed by atoms with van der Waals surface area (Å²) in [5.74, 6) is -0.162. The molecule has 2 aromatic carbocycles. The minimum atomic E-state index is -0.251. The topological polar surface area (TPSA) is 77.6 Å². The molecule has 4 rings (SSSR count). The Labute approximate surface area is 156 Å². The van der Waals surface area contributed by atoms with Gasteiger partial charge < -0.3 is 5.32 Å². The number of amides is 1. The Hall–Kier alpha value is -3.74. The van der Waals surface area contributed by atoms with Crippen molar-refractivity contribution in [3.8, 4) is 5.69 Å². The Morgan fingerprint density at radius 1 is 0.926 bits per heavy atom. The van der Waals surface area contributed by atoms with Gasteiger partial charge in [-0.3, -0.25) is 4.79 Å². The highest BCUT2D eigenvalue weighted by Crippen LogP contribution is 2.16. The molecular formula is C20H18N6O. The van der Waals surface area contributed by atoms with Gasteiger partial charge in [-0.1, -0.05) is 36.4 Å². The Morgan fingerprint density at radius 2 is 1.74 bits per heavy atom. The zero-order valence-electron chi connectivity index (χ0n) is 14.5. The van der Waals surface area contributed by atoms with Crippen LogP contribution < -0.4 is 5.32 Å². The predicted molar refractivity (Wildman–Crippen MR) is 100 cm³/mol. The number of benzene rings is 2. The van der Waals surface area contributed by atoms with E-state index in [1.807, 2.05) is 60.8 Å². The summed E-state index contributed by atoms with van der Waals surface area (Å²) >= 11 is 0. The Bertz CT molecular complexity index is 996. The zero-order valence-corrected chi connectivity index (χ0v) is 14.5. The van der Waals surface area contributed by atoms with E-state index in [2.05, 4.69) is 20.6 Å². The van der Waals surface area contributed by atoms with Crippen molar-refractivity contribution < 1.29 is 4.79 Å². The minimum absolute atomic E-state index is 0.162. The second-order valence-electron chi connectivity index (χ2n) is 6.02. The largest absolute Gasteiger partial charge is 0.343 e. The second-order valence-corrected chi connectivity index (χ2v) is 6.02. The summed E-state index contributed by atoms with van der Waals surface area (Å²) in [6.07, 6.45) is 6.79. The fourth-order valence-corrected chi connectivity index (χ4v) is 2.87. The van der Waals surface area contributed by atoms with E-state index < -0.39 is 0 Å². The monoisotopic (exact) mass is 358 g/mol. The van der Waals surface area contributed by atoms with Gasteiger partial charge in [0.25, 0.3) is 5.91 Å². The molecule has 27 heavy (non-hydrogen) atoms. The van der Waals surface area contributed by atoms with E-state index >= 15 is 0 Å². The van der Waals surface area contributed by atoms with Gasteiger partial charge in [0.05, 0.1) is 30.7 Å². The first kappa shape index (κ1) is 16.7. The predicted octanol–water partition coefficient (Wildman–Crippen LogP) is 2.64. The van der Waals surface area contributed by atoms with Crippen LogP contribution in [0.25, 0.3) is 5.69 Å². The maximum Gasteiger partial charge on any atom is 0.251 e. The Balaban J connectivity index is 1.57. The summed E-state index contributed by atoms with van der Waals surface area (Å²) in [6.45, 7) is 0.446. The molecule has 0 aliphatic heterocycles. The van der Waals surface area contributed by atoms with Crippen LogP contribution >= 0.6 is 0 Å². The smallest absolute Gasteiger partial charge is 0.251 e. The molecule has 2 heterocycles. The number of rotatable bonds is 6. The van der Waals surface area contributed by atoms with Crippen LogP contribution in [-0.4, -0.2) is 30.7 Å². The molecule has 0 saturated carbocycles. The van der Waals surface area contributed by atoms with E-state index in [0.717, 1.165) is 11.3 Å². The molecule has 1 atom stereocenters. The fraction of sp³-hybridized carbons (Fsp3) is 0.100. The molecule has 0 radical (unpaired) electrons. The molecule has 7 nitrogen and oxygen atoms in total. The molecule has 0 spiro atoms. The van der Waals surface area contributed by atoms with Crippen molar-refractivity contribution in [3.05, 3.63) is 96.6 Å². The number of nitrogens with zero attached hydrogens (tertiary/aromatic N) is 5. The quantitative estimate of drug-likeness (QED) is 0.575. The van der Waals surface area contributed by atoms with Crippen LogP contribution in [0.5, 0.6) is 0 Å². The SMILES string of the molecule is O=C(N[C@@H](Cn1nccn1)c1ccccc1)c1cccc(-n2cccn2)c1. The van der Waals surface area contributed by atoms with Crippen LogP contribution in [0, 0.1) is 0 Å². The van der Waals surface area contributed by atoms with Crippen molar-refractivity contribution in [2.24, 2.45) is 0 Å². The molecule has 134 valence electrons. The summed E-state index contributed by atoms with van der Waals surface area (Å²) in [7, 11) is 0. The van der Waals surface area contributed by atoms with Gasteiger partial charge in [-0.05, 0) is 29.8 Å². The first-order valence-corrected chi connectivity index (χ1v) is 8.59. The summed E-state index contributed by atoms with van der Waals surface area (Å²) in [5.41, 5.74) is 2.39. The lowest BCUT2D eigenvalue weighted by molar-refractivity contribution is 0.0930. The van der Waals surface area contributed by atoms with Gasteiger partial charge >= 0.3 is 0 Å². The van der Waals surface area contributed by atoms with Crippen LogP contribution in [0.15, 0.2) is 85.5 Å². The third-order valence-electron chi connectivity index (χ3n) is 4.20. The first-order chi connectivity index (χ1) is 13.3. The number of nitrogens with one attached hydrogen (secondary N) is 1. The summed E-state index contributed by atoms with van der Waals surface area (Å²) in [6, 6.07) is 18.8. The average Bonchev–Trinajstić information content (AvgIpc) is 3.42. The van der Waals surface area contributed by atoms with E-state index in [4.69, 9.17) is 0 Å². The third kappa shape index (κ3) is 3.92. The molecule has 0 fully saturated rings. The van der Waals surface area contributed by atoms with Crippen LogP contribution in [0.2, 0.25) is 0 Å². The molecule has 2 aromatic heterocycles. The van der Waals surface area contributed by atoms with Gasteiger partial charge in [-0.15, -0.1) is 0 Å². The van der Waals surface area contributed by atoms with Crippen molar-refractivity contribution >= 4 is 5.91 Å². The molecule has 0 bridgehead atoms. The summed E-state index contributed by atoms with van der Waals surface area (Å²) in [5, 5.41) is 15.6. The van der Waals surface area contributed by atoms with Crippen LogP contribution in [0.3, 0.4) is 0 Å². The fourth-order valence-electron chi connectivity index (χ4n) is 2.87. The van der Waals surface area contributed by atoms with Gasteiger partial charge in [0.2, 0.25) is 0 Å². The Kier molecular flexibility index (Phi) is 4.74. The third-order valence-corrected chi connectivity index (χ3v) is 4.20. The van der Waals surface area contributed by atoms with E-state index in [-0.39, 0.29) is 11.9 Å². The maximum absolute atomic E-state index is 12.9. The normalized spacial score (nSPS) is 11.9. The number of hydrogen-bond acceptors (Lipinski definition) is 4. The Morgan fingerprint density at radius 3 is 2.48 bits per heavy atom. The minimum Gasteiger partial charge on any atom is -0.343 e. The van der Waals surface area contributed by atoms with Crippen molar-refractivity contribution in [2.75, 3.05) is 0 Å². The standard InChI is InChI=1S/C20H18N6O/c27-20(17-8-4-9-18(14-17)25-13-5-10-21-25)24-19(15-26-22-11-12-23-26)16-6-2-1-3-7-16/h1-14,19H,15H2,(H,24,27)/t19-/m0/s1. The number of carbonyl (C=O) groups is 1. The van der Waals surface area contributed by atoms with Crippen molar-refractivity contribution in [3.63, 3.8) is 0 Å². The van der Waals surface area contributed by atoms with Gasteiger partial charge in [0.15, 0.2) is 0 Å². The lowest BCUT2D eigenvalue weighted by Gasteiger charge is -2.19. The molecule has 7 heteroatoms. The molecule has 0 unspecified atom stereocenters. The summed E-state index contributed by atoms with van der Waals surface area (Å²) < 4.78 is 1.72. The first-order valence-electron chi connectivity index (χ1n) is 8.59. The van der Waals surface area contributed by atoms with E-state index in [1.165, 1.54) is 0 Å².